The van der Waals surface area contributed by atoms with Gasteiger partial charge in [0.05, 0.1) is 6.20 Å². The summed E-state index contributed by atoms with van der Waals surface area (Å²) in [6.45, 7) is 1.30. The number of benzene rings is 2. The van der Waals surface area contributed by atoms with Crippen molar-refractivity contribution in [1.82, 2.24) is 14.7 Å². The van der Waals surface area contributed by atoms with E-state index in [0.717, 1.165) is 16.7 Å². The van der Waals surface area contributed by atoms with Crippen LogP contribution in [0.3, 0.4) is 0 Å². The first-order valence-electron chi connectivity index (χ1n) is 9.67. The van der Waals surface area contributed by atoms with Gasteiger partial charge in [-0.05, 0) is 56.8 Å². The quantitative estimate of drug-likeness (QED) is 0.490. The van der Waals surface area contributed by atoms with E-state index in [4.69, 9.17) is 0 Å². The summed E-state index contributed by atoms with van der Waals surface area (Å²) in [4.78, 5) is 15.3. The zero-order valence-corrected chi connectivity index (χ0v) is 17.0. The van der Waals surface area contributed by atoms with Gasteiger partial charge < -0.3 is 4.90 Å². The molecule has 0 fully saturated rings. The van der Waals surface area contributed by atoms with Gasteiger partial charge in [0.2, 0.25) is 0 Å². The first-order valence-corrected chi connectivity index (χ1v) is 10.6. The van der Waals surface area contributed by atoms with Crippen molar-refractivity contribution in [2.75, 3.05) is 6.54 Å². The average molecular weight is 400 g/mol. The highest BCUT2D eigenvalue weighted by molar-refractivity contribution is 7.08. The molecule has 1 aliphatic rings. The van der Waals surface area contributed by atoms with Crippen molar-refractivity contribution < 1.29 is 4.79 Å². The standard InChI is InChI=1S/C24H21N3OS/c1-26-13-21(12-25-26)23-15-27(14-19-4-2-3-5-22(19)23)24(28)18-8-6-17(7-9-18)20-10-11-29-16-20/h2-13,16,23H,14-15H2,1H3. The lowest BCUT2D eigenvalue weighted by Gasteiger charge is -2.34. The molecule has 1 amide bonds. The summed E-state index contributed by atoms with van der Waals surface area (Å²) >= 11 is 1.68. The Kier molecular flexibility index (Phi) is 4.52. The summed E-state index contributed by atoms with van der Waals surface area (Å²) in [5.74, 6) is 0.216. The number of nitrogens with zero attached hydrogens (tertiary/aromatic N) is 3. The Morgan fingerprint density at radius 1 is 1.07 bits per heavy atom. The molecule has 0 bridgehead atoms. The highest BCUT2D eigenvalue weighted by atomic mass is 32.1. The van der Waals surface area contributed by atoms with Crippen LogP contribution in [0.4, 0.5) is 0 Å². The SMILES string of the molecule is Cn1cc(C2CN(C(=O)c3ccc(-c4ccsc4)cc3)Cc3ccccc32)cn1. The summed E-state index contributed by atoms with van der Waals surface area (Å²) < 4.78 is 1.82. The molecule has 1 unspecified atom stereocenters. The van der Waals surface area contributed by atoms with Crippen LogP contribution < -0.4 is 0 Å². The molecular formula is C24H21N3OS. The van der Waals surface area contributed by atoms with Crippen molar-refractivity contribution in [2.24, 2.45) is 7.05 Å². The molecule has 29 heavy (non-hydrogen) atoms. The minimum absolute atomic E-state index is 0.0743. The van der Waals surface area contributed by atoms with E-state index in [0.29, 0.717) is 13.1 Å². The third kappa shape index (κ3) is 3.38. The van der Waals surface area contributed by atoms with Gasteiger partial charge in [0, 0.05) is 37.8 Å². The highest BCUT2D eigenvalue weighted by Gasteiger charge is 2.30. The fraction of sp³-hybridized carbons (Fsp3) is 0.167. The number of hydrogen-bond donors (Lipinski definition) is 0. The number of carbonyl (C=O) groups is 1. The van der Waals surface area contributed by atoms with Crippen LogP contribution in [0.15, 0.2) is 77.8 Å². The van der Waals surface area contributed by atoms with Crippen molar-refractivity contribution >= 4 is 17.2 Å². The molecule has 5 heteroatoms. The van der Waals surface area contributed by atoms with Gasteiger partial charge >= 0.3 is 0 Å². The molecule has 3 heterocycles. The number of thiophene rings is 1. The number of amides is 1. The number of aryl methyl sites for hydroxylation is 1. The molecule has 0 saturated heterocycles. The monoisotopic (exact) mass is 399 g/mol. The van der Waals surface area contributed by atoms with Crippen molar-refractivity contribution in [3.63, 3.8) is 0 Å². The maximum absolute atomic E-state index is 13.3. The second kappa shape index (κ2) is 7.33. The van der Waals surface area contributed by atoms with Crippen LogP contribution in [0.2, 0.25) is 0 Å². The number of fused-ring (bicyclic) bond motifs is 1. The summed E-state index contributed by atoms with van der Waals surface area (Å²) in [6.07, 6.45) is 3.95. The van der Waals surface area contributed by atoms with Gasteiger partial charge in [-0.15, -0.1) is 0 Å². The Morgan fingerprint density at radius 2 is 1.90 bits per heavy atom. The molecule has 0 radical (unpaired) electrons. The minimum Gasteiger partial charge on any atom is -0.333 e. The Hall–Kier alpha value is -3.18. The molecule has 0 saturated carbocycles. The molecule has 1 aliphatic heterocycles. The van der Waals surface area contributed by atoms with Crippen LogP contribution in [0.5, 0.6) is 0 Å². The van der Waals surface area contributed by atoms with Gasteiger partial charge in [0.25, 0.3) is 5.91 Å². The Bertz CT molecular complexity index is 1150. The third-order valence-corrected chi connectivity index (χ3v) is 6.28. The molecule has 4 aromatic rings. The van der Waals surface area contributed by atoms with Crippen molar-refractivity contribution in [3.05, 3.63) is 100 Å². The number of aromatic nitrogens is 2. The van der Waals surface area contributed by atoms with E-state index in [1.54, 1.807) is 11.3 Å². The van der Waals surface area contributed by atoms with E-state index >= 15 is 0 Å². The smallest absolute Gasteiger partial charge is 0.254 e. The number of rotatable bonds is 3. The molecular weight excluding hydrogens is 378 g/mol. The number of hydrogen-bond acceptors (Lipinski definition) is 3. The van der Waals surface area contributed by atoms with Gasteiger partial charge in [-0.2, -0.15) is 16.4 Å². The largest absolute Gasteiger partial charge is 0.333 e. The van der Waals surface area contributed by atoms with Crippen LogP contribution >= 0.6 is 11.3 Å². The molecule has 0 spiro atoms. The maximum Gasteiger partial charge on any atom is 0.254 e. The average Bonchev–Trinajstić information content (AvgIpc) is 3.45. The van der Waals surface area contributed by atoms with E-state index in [1.807, 2.05) is 59.4 Å². The second-order valence-electron chi connectivity index (χ2n) is 7.47. The fourth-order valence-electron chi connectivity index (χ4n) is 4.08. The Labute approximate surface area is 174 Å². The van der Waals surface area contributed by atoms with E-state index in [-0.39, 0.29) is 11.8 Å². The molecule has 0 N–H and O–H groups in total. The molecule has 0 aliphatic carbocycles. The minimum atomic E-state index is 0.0743. The maximum atomic E-state index is 13.3. The van der Waals surface area contributed by atoms with Crippen LogP contribution in [0.1, 0.15) is 33.0 Å². The van der Waals surface area contributed by atoms with Gasteiger partial charge in [0.15, 0.2) is 0 Å². The molecule has 4 nitrogen and oxygen atoms in total. The predicted octanol–water partition coefficient (Wildman–Crippen LogP) is 4.94. The van der Waals surface area contributed by atoms with E-state index < -0.39 is 0 Å². The molecule has 1 atom stereocenters. The molecule has 144 valence electrons. The van der Waals surface area contributed by atoms with Crippen molar-refractivity contribution in [1.29, 1.82) is 0 Å². The first kappa shape index (κ1) is 17.9. The summed E-state index contributed by atoms with van der Waals surface area (Å²) in [5.41, 5.74) is 6.70. The van der Waals surface area contributed by atoms with Gasteiger partial charge in [0.1, 0.15) is 0 Å². The Morgan fingerprint density at radius 3 is 2.62 bits per heavy atom. The molecule has 2 aromatic heterocycles. The second-order valence-corrected chi connectivity index (χ2v) is 8.25. The number of carbonyl (C=O) groups excluding carboxylic acids is 1. The summed E-state index contributed by atoms with van der Waals surface area (Å²) in [5, 5.41) is 8.53. The van der Waals surface area contributed by atoms with E-state index in [9.17, 15) is 4.79 Å². The lowest BCUT2D eigenvalue weighted by molar-refractivity contribution is 0.0725. The fourth-order valence-corrected chi connectivity index (χ4v) is 4.75. The molecule has 2 aromatic carbocycles. The summed E-state index contributed by atoms with van der Waals surface area (Å²) in [7, 11) is 1.93. The normalized spacial score (nSPS) is 15.9. The molecule has 5 rings (SSSR count). The lowest BCUT2D eigenvalue weighted by Crippen LogP contribution is -2.38. The highest BCUT2D eigenvalue weighted by Crippen LogP contribution is 2.34. The first-order chi connectivity index (χ1) is 14.2. The van der Waals surface area contributed by atoms with E-state index in [1.165, 1.54) is 16.7 Å². The van der Waals surface area contributed by atoms with Crippen molar-refractivity contribution in [3.8, 4) is 11.1 Å². The van der Waals surface area contributed by atoms with Crippen LogP contribution in [0, 0.1) is 0 Å². The van der Waals surface area contributed by atoms with Crippen LogP contribution in [-0.2, 0) is 13.6 Å². The third-order valence-electron chi connectivity index (χ3n) is 5.60. The Balaban J connectivity index is 1.44. The predicted molar refractivity (Wildman–Crippen MR) is 116 cm³/mol. The topological polar surface area (TPSA) is 38.1 Å². The van der Waals surface area contributed by atoms with Gasteiger partial charge in [-0.1, -0.05) is 36.4 Å². The summed E-state index contributed by atoms with van der Waals surface area (Å²) in [6, 6.07) is 18.5. The van der Waals surface area contributed by atoms with Crippen LogP contribution in [0.25, 0.3) is 11.1 Å². The van der Waals surface area contributed by atoms with Gasteiger partial charge in [-0.3, -0.25) is 9.48 Å². The van der Waals surface area contributed by atoms with Gasteiger partial charge in [-0.25, -0.2) is 0 Å². The van der Waals surface area contributed by atoms with E-state index in [2.05, 4.69) is 40.1 Å². The zero-order chi connectivity index (χ0) is 19.8. The van der Waals surface area contributed by atoms with Crippen molar-refractivity contribution in [2.45, 2.75) is 12.5 Å². The van der Waals surface area contributed by atoms with Crippen LogP contribution in [-0.4, -0.2) is 27.1 Å². The lowest BCUT2D eigenvalue weighted by atomic mass is 9.86. The zero-order valence-electron chi connectivity index (χ0n) is 16.2.